The van der Waals surface area contributed by atoms with E-state index in [9.17, 15) is 4.39 Å². The van der Waals surface area contributed by atoms with Gasteiger partial charge in [0.2, 0.25) is 5.96 Å². The van der Waals surface area contributed by atoms with E-state index in [1.165, 1.54) is 12.5 Å². The fraction of sp³-hybridized carbons (Fsp3) is 0.208. The molecule has 0 atom stereocenters. The Labute approximate surface area is 212 Å². The minimum atomic E-state index is -0.390. The number of rotatable bonds is 8. The average Bonchev–Trinajstić information content (AvgIpc) is 2.89. The number of halogens is 2. The summed E-state index contributed by atoms with van der Waals surface area (Å²) in [5.74, 6) is -0.429. The monoisotopic (exact) mass is 509 g/mol. The van der Waals surface area contributed by atoms with E-state index >= 15 is 0 Å². The number of benzene rings is 1. The molecule has 0 radical (unpaired) electrons. The van der Waals surface area contributed by atoms with Crippen LogP contribution in [0, 0.1) is 0 Å². The number of nitrogens with zero attached hydrogens (tertiary/aromatic N) is 6. The number of nitrogens with two attached hydrogens (primary N) is 1. The van der Waals surface area contributed by atoms with Gasteiger partial charge in [0.05, 0.1) is 55.4 Å². The van der Waals surface area contributed by atoms with Crippen LogP contribution in [0.4, 0.5) is 15.8 Å². The highest BCUT2D eigenvalue weighted by Crippen LogP contribution is 2.27. The van der Waals surface area contributed by atoms with Crippen LogP contribution in [0.3, 0.4) is 0 Å². The van der Waals surface area contributed by atoms with Crippen molar-refractivity contribution in [2.45, 2.75) is 0 Å². The third kappa shape index (κ3) is 7.80. The molecule has 36 heavy (non-hydrogen) atoms. The number of hydrogen-bond acceptors (Lipinski definition) is 8. The predicted molar refractivity (Wildman–Crippen MR) is 139 cm³/mol. The largest absolute Gasteiger partial charge is 0.379 e. The molecule has 0 bridgehead atoms. The number of aromatic nitrogens is 3. The van der Waals surface area contributed by atoms with E-state index in [0.717, 1.165) is 28.8 Å². The zero-order valence-electron chi connectivity index (χ0n) is 19.3. The Bertz CT molecular complexity index is 1230. The molecule has 1 aliphatic heterocycles. The number of guanidine groups is 1. The Morgan fingerprint density at radius 3 is 2.78 bits per heavy atom. The molecular formula is C24H25ClFN9O. The van der Waals surface area contributed by atoms with Crippen LogP contribution in [0.25, 0.3) is 11.3 Å². The lowest BCUT2D eigenvalue weighted by Crippen LogP contribution is -2.37. The standard InChI is InChI=1S/C24H25ClFN9O/c25-18-9-17(23-3-4-28-16-31-23)10-22(11-18)33-21-2-1-20(29-13-21)14-32-34-24(27)30-12-19(26)15-35-5-7-36-8-6-35/h1-4,9-14,16,33H,5-8,15H2,(H3,27,30,34)/b19-12+,32-14+. The zero-order chi connectivity index (χ0) is 25.2. The Morgan fingerprint density at radius 2 is 2.03 bits per heavy atom. The first-order chi connectivity index (χ1) is 17.5. The van der Waals surface area contributed by atoms with Crippen molar-refractivity contribution in [3.05, 3.63) is 77.9 Å². The van der Waals surface area contributed by atoms with Crippen LogP contribution < -0.4 is 16.5 Å². The molecular weight excluding hydrogens is 485 g/mol. The summed E-state index contributed by atoms with van der Waals surface area (Å²) >= 11 is 6.28. The van der Waals surface area contributed by atoms with Gasteiger partial charge in [0, 0.05) is 35.6 Å². The lowest BCUT2D eigenvalue weighted by atomic mass is 10.1. The van der Waals surface area contributed by atoms with Crippen LogP contribution in [0.5, 0.6) is 0 Å². The maximum Gasteiger partial charge on any atom is 0.214 e. The van der Waals surface area contributed by atoms with Crippen molar-refractivity contribution in [1.82, 2.24) is 25.3 Å². The van der Waals surface area contributed by atoms with Crippen molar-refractivity contribution < 1.29 is 9.13 Å². The topological polar surface area (TPSA) is 126 Å². The van der Waals surface area contributed by atoms with Gasteiger partial charge >= 0.3 is 0 Å². The first-order valence-corrected chi connectivity index (χ1v) is 11.5. The lowest BCUT2D eigenvalue weighted by Gasteiger charge is -2.25. The number of pyridine rings is 1. The number of ether oxygens (including phenoxy) is 1. The molecule has 10 nitrogen and oxygen atoms in total. The normalized spacial score (nSPS) is 15.3. The van der Waals surface area contributed by atoms with Gasteiger partial charge in [0.15, 0.2) is 0 Å². The fourth-order valence-corrected chi connectivity index (χ4v) is 3.58. The second-order valence-corrected chi connectivity index (χ2v) is 8.21. The Balaban J connectivity index is 1.30. The molecule has 1 fully saturated rings. The highest BCUT2D eigenvalue weighted by atomic mass is 35.5. The van der Waals surface area contributed by atoms with Crippen LogP contribution in [0.1, 0.15) is 5.69 Å². The second kappa shape index (κ2) is 12.7. The third-order valence-corrected chi connectivity index (χ3v) is 5.27. The molecule has 3 heterocycles. The molecule has 1 saturated heterocycles. The minimum absolute atomic E-state index is 0.0397. The SMILES string of the molecule is NC(=N/C=C(/F)CN1CCOCC1)N/N=C/c1ccc(Nc2cc(Cl)cc(-c3ccncn3)c2)cn1. The van der Waals surface area contributed by atoms with E-state index in [1.54, 1.807) is 18.5 Å². The number of morpholine rings is 1. The fourth-order valence-electron chi connectivity index (χ4n) is 3.34. The summed E-state index contributed by atoms with van der Waals surface area (Å²) in [6, 6.07) is 11.0. The Kier molecular flexibility index (Phi) is 8.87. The number of hydrazone groups is 1. The van der Waals surface area contributed by atoms with Crippen LogP contribution in [-0.4, -0.2) is 64.9 Å². The molecule has 0 unspecified atom stereocenters. The summed E-state index contributed by atoms with van der Waals surface area (Å²) in [6.45, 7) is 2.75. The summed E-state index contributed by atoms with van der Waals surface area (Å²) in [7, 11) is 0. The molecule has 3 aromatic rings. The molecule has 2 aromatic heterocycles. The second-order valence-electron chi connectivity index (χ2n) is 7.77. The Morgan fingerprint density at radius 1 is 1.17 bits per heavy atom. The number of aliphatic imine (C=N–C) groups is 1. The number of nitrogens with one attached hydrogen (secondary N) is 2. The molecule has 4 N–H and O–H groups in total. The molecule has 0 amide bonds. The van der Waals surface area contributed by atoms with Crippen molar-refractivity contribution in [2.75, 3.05) is 38.2 Å². The van der Waals surface area contributed by atoms with Gasteiger partial charge in [-0.2, -0.15) is 5.10 Å². The van der Waals surface area contributed by atoms with E-state index in [2.05, 4.69) is 35.8 Å². The van der Waals surface area contributed by atoms with Gasteiger partial charge in [-0.05, 0) is 36.4 Å². The maximum absolute atomic E-state index is 14.0. The molecule has 0 aliphatic carbocycles. The van der Waals surface area contributed by atoms with Crippen LogP contribution in [-0.2, 0) is 4.74 Å². The third-order valence-electron chi connectivity index (χ3n) is 5.05. The predicted octanol–water partition coefficient (Wildman–Crippen LogP) is 3.32. The average molecular weight is 510 g/mol. The van der Waals surface area contributed by atoms with Crippen molar-refractivity contribution in [2.24, 2.45) is 15.8 Å². The molecule has 0 saturated carbocycles. The summed E-state index contributed by atoms with van der Waals surface area (Å²) in [6.07, 6.45) is 7.39. The van der Waals surface area contributed by atoms with Gasteiger partial charge in [0.1, 0.15) is 12.2 Å². The molecule has 0 spiro atoms. The summed E-state index contributed by atoms with van der Waals surface area (Å²) in [4.78, 5) is 18.3. The molecule has 1 aliphatic rings. The van der Waals surface area contributed by atoms with E-state index in [1.807, 2.05) is 35.2 Å². The highest BCUT2D eigenvalue weighted by Gasteiger charge is 2.11. The van der Waals surface area contributed by atoms with Crippen LogP contribution >= 0.6 is 11.6 Å². The molecule has 4 rings (SSSR count). The number of hydrogen-bond donors (Lipinski definition) is 3. The molecule has 1 aromatic carbocycles. The van der Waals surface area contributed by atoms with E-state index < -0.39 is 0 Å². The van der Waals surface area contributed by atoms with Crippen LogP contribution in [0.15, 0.2) is 77.2 Å². The smallest absolute Gasteiger partial charge is 0.214 e. The summed E-state index contributed by atoms with van der Waals surface area (Å²) < 4.78 is 19.2. The number of anilines is 2. The van der Waals surface area contributed by atoms with Crippen molar-refractivity contribution in [1.29, 1.82) is 0 Å². The highest BCUT2D eigenvalue weighted by molar-refractivity contribution is 6.31. The van der Waals surface area contributed by atoms with Gasteiger partial charge in [-0.25, -0.2) is 24.8 Å². The van der Waals surface area contributed by atoms with Crippen molar-refractivity contribution in [3.8, 4) is 11.3 Å². The lowest BCUT2D eigenvalue weighted by molar-refractivity contribution is 0.0400. The maximum atomic E-state index is 14.0. The van der Waals surface area contributed by atoms with Crippen molar-refractivity contribution in [3.63, 3.8) is 0 Å². The first-order valence-electron chi connectivity index (χ1n) is 11.1. The quantitative estimate of drug-likeness (QED) is 0.240. The van der Waals surface area contributed by atoms with E-state index in [-0.39, 0.29) is 18.3 Å². The molecule has 12 heteroatoms. The van der Waals surface area contributed by atoms with Gasteiger partial charge in [-0.1, -0.05) is 11.6 Å². The van der Waals surface area contributed by atoms with Gasteiger partial charge in [0.25, 0.3) is 0 Å². The van der Waals surface area contributed by atoms with E-state index in [0.29, 0.717) is 37.0 Å². The van der Waals surface area contributed by atoms with Crippen LogP contribution in [0.2, 0.25) is 5.02 Å². The minimum Gasteiger partial charge on any atom is -0.379 e. The van der Waals surface area contributed by atoms with Gasteiger partial charge < -0.3 is 15.8 Å². The molecule has 186 valence electrons. The first kappa shape index (κ1) is 25.2. The zero-order valence-corrected chi connectivity index (χ0v) is 20.1. The summed E-state index contributed by atoms with van der Waals surface area (Å²) in [5, 5.41) is 7.83. The summed E-state index contributed by atoms with van der Waals surface area (Å²) in [5.41, 5.74) is 12.0. The Hall–Kier alpha value is -3.93. The van der Waals surface area contributed by atoms with E-state index in [4.69, 9.17) is 22.1 Å². The van der Waals surface area contributed by atoms with Gasteiger partial charge in [-0.3, -0.25) is 9.88 Å². The van der Waals surface area contributed by atoms with Crippen molar-refractivity contribution >= 4 is 35.1 Å². The van der Waals surface area contributed by atoms with Gasteiger partial charge in [-0.15, -0.1) is 0 Å².